The maximum absolute atomic E-state index is 12.7. The number of carbonyl (C=O) groups is 1. The lowest BCUT2D eigenvalue weighted by molar-refractivity contribution is -0.274. The summed E-state index contributed by atoms with van der Waals surface area (Å²) in [4.78, 5) is 15.9. The summed E-state index contributed by atoms with van der Waals surface area (Å²) in [6.45, 7) is 1.47. The standard InChI is InChI=1S/C18H15F3N2O4/c19-18(20,21)27-14-4-1-12(2-5-14)10-22-7-8-23(17(22)24)13-3-6-15-16(9-13)26-11-25-15/h1-6,9H,7-8,10-11H2. The van der Waals surface area contributed by atoms with Crippen molar-refractivity contribution in [1.29, 1.82) is 0 Å². The van der Waals surface area contributed by atoms with Gasteiger partial charge in [-0.3, -0.25) is 4.90 Å². The second kappa shape index (κ2) is 6.57. The van der Waals surface area contributed by atoms with Crippen molar-refractivity contribution in [3.8, 4) is 17.2 Å². The molecule has 0 bridgehead atoms. The highest BCUT2D eigenvalue weighted by molar-refractivity contribution is 5.94. The van der Waals surface area contributed by atoms with Crippen molar-refractivity contribution in [2.45, 2.75) is 12.9 Å². The topological polar surface area (TPSA) is 51.2 Å². The summed E-state index contributed by atoms with van der Waals surface area (Å²) in [6, 6.07) is 10.6. The molecule has 6 nitrogen and oxygen atoms in total. The van der Waals surface area contributed by atoms with E-state index in [4.69, 9.17) is 9.47 Å². The van der Waals surface area contributed by atoms with Gasteiger partial charge in [-0.15, -0.1) is 13.2 Å². The first-order chi connectivity index (χ1) is 12.9. The van der Waals surface area contributed by atoms with Crippen LogP contribution in [0.5, 0.6) is 17.2 Å². The van der Waals surface area contributed by atoms with Crippen molar-refractivity contribution in [2.75, 3.05) is 24.8 Å². The molecule has 2 aliphatic rings. The summed E-state index contributed by atoms with van der Waals surface area (Å²) in [6.07, 6.45) is -4.72. The number of amides is 2. The van der Waals surface area contributed by atoms with Crippen LogP contribution >= 0.6 is 0 Å². The van der Waals surface area contributed by atoms with Gasteiger partial charge in [-0.05, 0) is 29.8 Å². The Morgan fingerprint density at radius 2 is 1.74 bits per heavy atom. The number of fused-ring (bicyclic) bond motifs is 1. The number of halogens is 3. The third-order valence-electron chi connectivity index (χ3n) is 4.29. The lowest BCUT2D eigenvalue weighted by Gasteiger charge is -2.19. The summed E-state index contributed by atoms with van der Waals surface area (Å²) in [5, 5.41) is 0. The van der Waals surface area contributed by atoms with Crippen LogP contribution in [0.25, 0.3) is 0 Å². The van der Waals surface area contributed by atoms with Crippen LogP contribution in [0.2, 0.25) is 0 Å². The number of benzene rings is 2. The summed E-state index contributed by atoms with van der Waals surface area (Å²) in [5.74, 6) is 0.948. The Morgan fingerprint density at radius 1 is 1.00 bits per heavy atom. The van der Waals surface area contributed by atoms with Gasteiger partial charge in [0.15, 0.2) is 11.5 Å². The third kappa shape index (κ3) is 3.71. The molecule has 2 aliphatic heterocycles. The molecule has 2 amide bonds. The zero-order valence-electron chi connectivity index (χ0n) is 14.0. The Balaban J connectivity index is 1.42. The molecule has 0 aromatic heterocycles. The normalized spacial score (nSPS) is 16.2. The maximum Gasteiger partial charge on any atom is 0.573 e. The molecule has 2 aromatic rings. The maximum atomic E-state index is 12.7. The number of anilines is 1. The molecule has 0 radical (unpaired) electrons. The fourth-order valence-electron chi connectivity index (χ4n) is 3.04. The second-order valence-corrected chi connectivity index (χ2v) is 6.09. The molecular weight excluding hydrogens is 365 g/mol. The fraction of sp³-hybridized carbons (Fsp3) is 0.278. The van der Waals surface area contributed by atoms with E-state index in [1.807, 2.05) is 0 Å². The summed E-state index contributed by atoms with van der Waals surface area (Å²) in [5.41, 5.74) is 1.42. The first kappa shape index (κ1) is 17.3. The summed E-state index contributed by atoms with van der Waals surface area (Å²) in [7, 11) is 0. The molecule has 0 aliphatic carbocycles. The van der Waals surface area contributed by atoms with Crippen LogP contribution < -0.4 is 19.1 Å². The van der Waals surface area contributed by atoms with Crippen LogP contribution in [0.1, 0.15) is 5.56 Å². The highest BCUT2D eigenvalue weighted by Crippen LogP contribution is 2.36. The van der Waals surface area contributed by atoms with E-state index in [0.29, 0.717) is 42.4 Å². The van der Waals surface area contributed by atoms with E-state index in [-0.39, 0.29) is 18.6 Å². The number of ether oxygens (including phenoxy) is 3. The van der Waals surface area contributed by atoms with Gasteiger partial charge in [0.2, 0.25) is 6.79 Å². The zero-order chi connectivity index (χ0) is 19.0. The molecule has 0 N–H and O–H groups in total. The lowest BCUT2D eigenvalue weighted by atomic mass is 10.2. The quantitative estimate of drug-likeness (QED) is 0.811. The Bertz CT molecular complexity index is 855. The van der Waals surface area contributed by atoms with Gasteiger partial charge in [0.05, 0.1) is 0 Å². The van der Waals surface area contributed by atoms with E-state index in [1.54, 1.807) is 28.0 Å². The molecule has 0 atom stereocenters. The van der Waals surface area contributed by atoms with Crippen molar-refractivity contribution in [3.63, 3.8) is 0 Å². The number of nitrogens with zero attached hydrogens (tertiary/aromatic N) is 2. The van der Waals surface area contributed by atoms with E-state index in [1.165, 1.54) is 24.3 Å². The number of urea groups is 1. The van der Waals surface area contributed by atoms with Crippen LogP contribution in [-0.2, 0) is 6.54 Å². The van der Waals surface area contributed by atoms with Gasteiger partial charge in [-0.2, -0.15) is 0 Å². The first-order valence-electron chi connectivity index (χ1n) is 8.20. The zero-order valence-corrected chi connectivity index (χ0v) is 14.0. The number of rotatable bonds is 4. The minimum atomic E-state index is -4.72. The van der Waals surface area contributed by atoms with E-state index >= 15 is 0 Å². The highest BCUT2D eigenvalue weighted by atomic mass is 19.4. The van der Waals surface area contributed by atoms with Crippen molar-refractivity contribution in [1.82, 2.24) is 4.90 Å². The fourth-order valence-corrected chi connectivity index (χ4v) is 3.04. The monoisotopic (exact) mass is 380 g/mol. The van der Waals surface area contributed by atoms with E-state index in [9.17, 15) is 18.0 Å². The van der Waals surface area contributed by atoms with Crippen molar-refractivity contribution >= 4 is 11.7 Å². The average Bonchev–Trinajstić information content (AvgIpc) is 3.22. The van der Waals surface area contributed by atoms with E-state index in [0.717, 1.165) is 0 Å². The van der Waals surface area contributed by atoms with Crippen molar-refractivity contribution < 1.29 is 32.2 Å². The summed E-state index contributed by atoms with van der Waals surface area (Å²) >= 11 is 0. The predicted molar refractivity (Wildman–Crippen MR) is 88.8 cm³/mol. The minimum absolute atomic E-state index is 0.160. The van der Waals surface area contributed by atoms with E-state index < -0.39 is 6.36 Å². The van der Waals surface area contributed by atoms with Crippen LogP contribution in [0.4, 0.5) is 23.7 Å². The second-order valence-electron chi connectivity index (χ2n) is 6.09. The lowest BCUT2D eigenvalue weighted by Crippen LogP contribution is -2.31. The molecule has 0 unspecified atom stereocenters. The Kier molecular flexibility index (Phi) is 4.21. The molecule has 142 valence electrons. The highest BCUT2D eigenvalue weighted by Gasteiger charge is 2.32. The third-order valence-corrected chi connectivity index (χ3v) is 4.29. The van der Waals surface area contributed by atoms with Gasteiger partial charge in [-0.1, -0.05) is 12.1 Å². The SMILES string of the molecule is O=C1N(Cc2ccc(OC(F)(F)F)cc2)CCN1c1ccc2c(c1)OCO2. The predicted octanol–water partition coefficient (Wildman–Crippen LogP) is 3.76. The molecule has 27 heavy (non-hydrogen) atoms. The molecule has 4 rings (SSSR count). The van der Waals surface area contributed by atoms with Gasteiger partial charge in [0.25, 0.3) is 0 Å². The van der Waals surface area contributed by atoms with Gasteiger partial charge in [-0.25, -0.2) is 4.79 Å². The number of carbonyl (C=O) groups excluding carboxylic acids is 1. The van der Waals surface area contributed by atoms with Crippen molar-refractivity contribution in [3.05, 3.63) is 48.0 Å². The van der Waals surface area contributed by atoms with Gasteiger partial charge in [0, 0.05) is 31.4 Å². The van der Waals surface area contributed by atoms with Crippen LogP contribution in [0.15, 0.2) is 42.5 Å². The van der Waals surface area contributed by atoms with Gasteiger partial charge < -0.3 is 19.1 Å². The van der Waals surface area contributed by atoms with Crippen LogP contribution in [0.3, 0.4) is 0 Å². The molecule has 1 fully saturated rings. The Morgan fingerprint density at radius 3 is 2.48 bits per heavy atom. The largest absolute Gasteiger partial charge is 0.573 e. The molecular formula is C18H15F3N2O4. The van der Waals surface area contributed by atoms with Crippen molar-refractivity contribution in [2.24, 2.45) is 0 Å². The van der Waals surface area contributed by atoms with Gasteiger partial charge in [0.1, 0.15) is 5.75 Å². The first-order valence-corrected chi connectivity index (χ1v) is 8.20. The van der Waals surface area contributed by atoms with Crippen LogP contribution in [0, 0.1) is 0 Å². The Hall–Kier alpha value is -3.10. The molecule has 2 aromatic carbocycles. The smallest absolute Gasteiger partial charge is 0.454 e. The summed E-state index contributed by atoms with van der Waals surface area (Å²) < 4.78 is 51.1. The molecule has 2 heterocycles. The minimum Gasteiger partial charge on any atom is -0.454 e. The van der Waals surface area contributed by atoms with Gasteiger partial charge >= 0.3 is 12.4 Å². The molecule has 0 spiro atoms. The number of hydrogen-bond donors (Lipinski definition) is 0. The van der Waals surface area contributed by atoms with E-state index in [2.05, 4.69) is 4.74 Å². The number of hydrogen-bond acceptors (Lipinski definition) is 4. The average molecular weight is 380 g/mol. The molecule has 0 saturated carbocycles. The molecule has 9 heteroatoms. The van der Waals surface area contributed by atoms with Crippen LogP contribution in [-0.4, -0.2) is 37.2 Å². The number of alkyl halides is 3. The molecule has 1 saturated heterocycles. The Labute approximate surface area is 152 Å².